The van der Waals surface area contributed by atoms with E-state index in [9.17, 15) is 14.4 Å². The number of aromatic nitrogens is 2. The second-order valence-corrected chi connectivity index (χ2v) is 10.0. The minimum absolute atomic E-state index is 0.00809. The highest BCUT2D eigenvalue weighted by atomic mass is 32.2. The van der Waals surface area contributed by atoms with E-state index in [2.05, 4.69) is 0 Å². The molecule has 32 heavy (non-hydrogen) atoms. The Labute approximate surface area is 193 Å². The van der Waals surface area contributed by atoms with Crippen molar-refractivity contribution in [3.8, 4) is 0 Å². The highest BCUT2D eigenvalue weighted by Gasteiger charge is 2.34. The Hall–Kier alpha value is -2.49. The molecule has 0 saturated heterocycles. The molecule has 3 aromatic rings. The summed E-state index contributed by atoms with van der Waals surface area (Å²) >= 11 is 3.04. The molecule has 0 spiro atoms. The molecule has 0 saturated carbocycles. The molecule has 0 radical (unpaired) electrons. The molecule has 1 aromatic carbocycles. The van der Waals surface area contributed by atoms with Crippen molar-refractivity contribution in [2.24, 2.45) is 0 Å². The lowest BCUT2D eigenvalue weighted by Crippen LogP contribution is -2.32. The van der Waals surface area contributed by atoms with Gasteiger partial charge in [0.05, 0.1) is 16.5 Å². The summed E-state index contributed by atoms with van der Waals surface area (Å²) in [7, 11) is 1.65. The predicted molar refractivity (Wildman–Crippen MR) is 125 cm³/mol. The number of imide groups is 1. The molecule has 0 atom stereocenters. The van der Waals surface area contributed by atoms with Crippen LogP contribution in [0.25, 0.3) is 10.2 Å². The Bertz CT molecular complexity index is 1250. The maximum absolute atomic E-state index is 13.4. The average Bonchev–Trinajstić information content (AvgIpc) is 3.44. The Kier molecular flexibility index (Phi) is 5.88. The molecule has 7 nitrogen and oxygen atoms in total. The molecule has 3 heterocycles. The number of ether oxygens (including phenoxy) is 1. The number of hydrogen-bond donors (Lipinski definition) is 0. The second kappa shape index (κ2) is 8.80. The minimum atomic E-state index is -0.262. The van der Waals surface area contributed by atoms with E-state index in [4.69, 9.17) is 9.72 Å². The Balaban J connectivity index is 1.39. The summed E-state index contributed by atoms with van der Waals surface area (Å²) in [5.41, 5.74) is 2.08. The third kappa shape index (κ3) is 3.58. The Morgan fingerprint density at radius 3 is 2.56 bits per heavy atom. The molecule has 0 N–H and O–H groups in total. The molecule has 0 unspecified atom stereocenters. The van der Waals surface area contributed by atoms with Gasteiger partial charge in [-0.05, 0) is 43.4 Å². The topological polar surface area (TPSA) is 81.5 Å². The van der Waals surface area contributed by atoms with Gasteiger partial charge in [-0.2, -0.15) is 0 Å². The monoisotopic (exact) mass is 469 g/mol. The number of rotatable bonds is 8. The van der Waals surface area contributed by atoms with E-state index < -0.39 is 0 Å². The first kappa shape index (κ1) is 21.4. The van der Waals surface area contributed by atoms with Gasteiger partial charge >= 0.3 is 0 Å². The maximum Gasteiger partial charge on any atom is 0.263 e. The zero-order chi connectivity index (χ0) is 22.2. The number of carbonyl (C=O) groups excluding carboxylic acids is 2. The van der Waals surface area contributed by atoms with Gasteiger partial charge in [0.25, 0.3) is 17.4 Å². The standard InChI is InChI=1S/C23H23N3O4S2/c1-30-12-5-10-26-22(29)18-16-8-4-9-17(16)32-19(18)24-23(26)31-13-11-25-20(27)14-6-2-3-7-15(14)21(25)28/h2-3,6-7H,4-5,8-13H2,1H3. The van der Waals surface area contributed by atoms with E-state index in [0.717, 1.165) is 29.5 Å². The Morgan fingerprint density at radius 2 is 1.84 bits per heavy atom. The number of thiophene rings is 1. The van der Waals surface area contributed by atoms with Gasteiger partial charge in [0.2, 0.25) is 0 Å². The van der Waals surface area contributed by atoms with Gasteiger partial charge in [-0.15, -0.1) is 11.3 Å². The number of carbonyl (C=O) groups is 2. The number of thioether (sulfide) groups is 1. The van der Waals surface area contributed by atoms with Crippen LogP contribution < -0.4 is 5.56 Å². The van der Waals surface area contributed by atoms with Gasteiger partial charge in [-0.1, -0.05) is 23.9 Å². The largest absolute Gasteiger partial charge is 0.385 e. The fraction of sp³-hybridized carbons (Fsp3) is 0.391. The van der Waals surface area contributed by atoms with Crippen LogP contribution in [-0.2, 0) is 24.1 Å². The van der Waals surface area contributed by atoms with Crippen molar-refractivity contribution >= 4 is 45.1 Å². The van der Waals surface area contributed by atoms with Crippen molar-refractivity contribution in [1.82, 2.24) is 14.5 Å². The fourth-order valence-corrected chi connectivity index (χ4v) is 6.65. The van der Waals surface area contributed by atoms with Gasteiger partial charge in [-0.25, -0.2) is 4.98 Å². The van der Waals surface area contributed by atoms with E-state index >= 15 is 0 Å². The molecule has 2 amide bonds. The third-order valence-corrected chi connectivity index (χ3v) is 8.09. The molecule has 166 valence electrons. The van der Waals surface area contributed by atoms with Crippen molar-refractivity contribution in [3.63, 3.8) is 0 Å². The van der Waals surface area contributed by atoms with Crippen molar-refractivity contribution in [2.75, 3.05) is 26.0 Å². The lowest BCUT2D eigenvalue weighted by Gasteiger charge is -2.15. The molecule has 2 aromatic heterocycles. The van der Waals surface area contributed by atoms with Crippen molar-refractivity contribution in [1.29, 1.82) is 0 Å². The van der Waals surface area contributed by atoms with Crippen LogP contribution in [0.1, 0.15) is 44.0 Å². The third-order valence-electron chi connectivity index (χ3n) is 5.94. The molecule has 2 aliphatic rings. The first-order valence-electron chi connectivity index (χ1n) is 10.7. The molecule has 0 bridgehead atoms. The quantitative estimate of drug-likeness (QED) is 0.218. The maximum atomic E-state index is 13.4. The van der Waals surface area contributed by atoms with Crippen LogP contribution in [0.5, 0.6) is 0 Å². The Morgan fingerprint density at radius 1 is 1.09 bits per heavy atom. The van der Waals surface area contributed by atoms with E-state index in [-0.39, 0.29) is 23.9 Å². The van der Waals surface area contributed by atoms with E-state index in [0.29, 0.717) is 41.6 Å². The van der Waals surface area contributed by atoms with Crippen LogP contribution in [0.4, 0.5) is 0 Å². The van der Waals surface area contributed by atoms with Crippen LogP contribution >= 0.6 is 23.1 Å². The summed E-state index contributed by atoms with van der Waals surface area (Å²) < 4.78 is 6.91. The van der Waals surface area contributed by atoms with E-state index in [1.165, 1.54) is 27.1 Å². The van der Waals surface area contributed by atoms with Gasteiger partial charge in [0.15, 0.2) is 5.16 Å². The summed E-state index contributed by atoms with van der Waals surface area (Å²) in [6.07, 6.45) is 3.76. The number of amides is 2. The minimum Gasteiger partial charge on any atom is -0.385 e. The van der Waals surface area contributed by atoms with Crippen LogP contribution in [-0.4, -0.2) is 52.3 Å². The number of fused-ring (bicyclic) bond motifs is 4. The predicted octanol–water partition coefficient (Wildman–Crippen LogP) is 3.37. The lowest BCUT2D eigenvalue weighted by atomic mass is 10.1. The first-order valence-corrected chi connectivity index (χ1v) is 12.5. The van der Waals surface area contributed by atoms with Crippen molar-refractivity contribution in [3.05, 3.63) is 56.2 Å². The summed E-state index contributed by atoms with van der Waals surface area (Å²) in [6.45, 7) is 1.35. The van der Waals surface area contributed by atoms with Crippen LogP contribution in [0.15, 0.2) is 34.2 Å². The summed E-state index contributed by atoms with van der Waals surface area (Å²) in [5, 5.41) is 1.40. The molecule has 1 aliphatic heterocycles. The van der Waals surface area contributed by atoms with Gasteiger partial charge < -0.3 is 4.74 Å². The number of methoxy groups -OCH3 is 1. The van der Waals surface area contributed by atoms with E-state index in [1.54, 1.807) is 47.3 Å². The van der Waals surface area contributed by atoms with Gasteiger partial charge in [0.1, 0.15) is 4.83 Å². The van der Waals surface area contributed by atoms with Crippen molar-refractivity contribution in [2.45, 2.75) is 37.4 Å². The van der Waals surface area contributed by atoms with Gasteiger partial charge in [0, 0.05) is 37.4 Å². The molecule has 0 fully saturated rings. The number of benzene rings is 1. The van der Waals surface area contributed by atoms with Gasteiger partial charge in [-0.3, -0.25) is 23.9 Å². The summed E-state index contributed by atoms with van der Waals surface area (Å²) in [6, 6.07) is 6.89. The molecule has 5 rings (SSSR count). The zero-order valence-electron chi connectivity index (χ0n) is 17.8. The number of nitrogens with zero attached hydrogens (tertiary/aromatic N) is 3. The zero-order valence-corrected chi connectivity index (χ0v) is 19.4. The molecule has 9 heteroatoms. The normalized spacial score (nSPS) is 15.1. The van der Waals surface area contributed by atoms with Crippen LogP contribution in [0.2, 0.25) is 0 Å². The molecular formula is C23H23N3O4S2. The SMILES string of the molecule is COCCCn1c(SCCN2C(=O)c3ccccc3C2=O)nc2sc3c(c2c1=O)CCC3. The fourth-order valence-electron chi connectivity index (χ4n) is 4.40. The highest BCUT2D eigenvalue weighted by Crippen LogP contribution is 2.35. The smallest absolute Gasteiger partial charge is 0.263 e. The second-order valence-electron chi connectivity index (χ2n) is 7.89. The van der Waals surface area contributed by atoms with Crippen molar-refractivity contribution < 1.29 is 14.3 Å². The van der Waals surface area contributed by atoms with Crippen LogP contribution in [0.3, 0.4) is 0 Å². The number of aryl methyl sites for hydroxylation is 2. The summed E-state index contributed by atoms with van der Waals surface area (Å²) in [5.74, 6) is -0.0535. The first-order chi connectivity index (χ1) is 15.6. The average molecular weight is 470 g/mol. The lowest BCUT2D eigenvalue weighted by molar-refractivity contribution is 0.0664. The highest BCUT2D eigenvalue weighted by molar-refractivity contribution is 7.99. The molecular weight excluding hydrogens is 446 g/mol. The van der Waals surface area contributed by atoms with E-state index in [1.807, 2.05) is 0 Å². The van der Waals surface area contributed by atoms with Crippen LogP contribution in [0, 0.1) is 0 Å². The summed E-state index contributed by atoms with van der Waals surface area (Å²) in [4.78, 5) is 46.8. The number of hydrogen-bond acceptors (Lipinski definition) is 7. The molecule has 1 aliphatic carbocycles.